The van der Waals surface area contributed by atoms with E-state index in [2.05, 4.69) is 89.0 Å². The Morgan fingerprint density at radius 2 is 2.04 bits per heavy atom. The van der Waals surface area contributed by atoms with Crippen molar-refractivity contribution in [3.05, 3.63) is 71.4 Å². The van der Waals surface area contributed by atoms with Crippen molar-refractivity contribution < 1.29 is 4.57 Å². The molecule has 0 unspecified atom stereocenters. The van der Waals surface area contributed by atoms with Gasteiger partial charge in [-0.25, -0.2) is 0 Å². The second kappa shape index (κ2) is 10.9. The van der Waals surface area contributed by atoms with Crippen molar-refractivity contribution in [1.29, 1.82) is 0 Å². The lowest BCUT2D eigenvalue weighted by Gasteiger charge is -2.18. The zero-order chi connectivity index (χ0) is 18.8. The standard InChI is InChI=1S/C21H28N3S2/c1-5-18(12-13-22-2)6-7-19-8-10-20(11-9-19)23(3)14-16-25-21-24(4)15-17-26-21/h5-13,15,17,22H,14,16H2,1-4H3/q+1/b7-6+,13-12-,18-5-. The minimum atomic E-state index is 1.02. The van der Waals surface area contributed by atoms with Gasteiger partial charge in [-0.2, -0.15) is 4.57 Å². The molecule has 2 aromatic rings. The van der Waals surface area contributed by atoms with E-state index in [0.717, 1.165) is 12.3 Å². The van der Waals surface area contributed by atoms with Gasteiger partial charge in [0.15, 0.2) is 6.20 Å². The molecule has 0 fully saturated rings. The Labute approximate surface area is 165 Å². The lowest BCUT2D eigenvalue weighted by molar-refractivity contribution is -0.702. The molecule has 0 amide bonds. The Morgan fingerprint density at radius 1 is 1.27 bits per heavy atom. The summed E-state index contributed by atoms with van der Waals surface area (Å²) in [5.74, 6) is 1.08. The van der Waals surface area contributed by atoms with Crippen LogP contribution in [0.15, 0.2) is 70.2 Å². The topological polar surface area (TPSA) is 19.1 Å². The fourth-order valence-electron chi connectivity index (χ4n) is 2.32. The van der Waals surface area contributed by atoms with Gasteiger partial charge in [-0.05, 0) is 54.2 Å². The van der Waals surface area contributed by atoms with Gasteiger partial charge in [-0.3, -0.25) is 0 Å². The van der Waals surface area contributed by atoms with E-state index in [-0.39, 0.29) is 0 Å². The highest BCUT2D eigenvalue weighted by Gasteiger charge is 2.09. The second-order valence-electron chi connectivity index (χ2n) is 5.89. The van der Waals surface area contributed by atoms with Crippen LogP contribution in [0, 0.1) is 0 Å². The Balaban J connectivity index is 1.87. The van der Waals surface area contributed by atoms with Crippen LogP contribution in [0.1, 0.15) is 12.5 Å². The van der Waals surface area contributed by atoms with Crippen molar-refractivity contribution in [1.82, 2.24) is 5.32 Å². The number of aromatic nitrogens is 1. The van der Waals surface area contributed by atoms with Crippen molar-refractivity contribution in [3.8, 4) is 0 Å². The number of rotatable bonds is 9. The molecule has 0 saturated carbocycles. The molecule has 138 valence electrons. The molecule has 1 aromatic heterocycles. The first-order valence-electron chi connectivity index (χ1n) is 8.69. The van der Waals surface area contributed by atoms with Crippen LogP contribution >= 0.6 is 23.1 Å². The minimum absolute atomic E-state index is 1.02. The number of benzene rings is 1. The third-order valence-corrected chi connectivity index (χ3v) is 6.28. The molecule has 0 aliphatic heterocycles. The van der Waals surface area contributed by atoms with Gasteiger partial charge in [0.2, 0.25) is 0 Å². The average molecular weight is 387 g/mol. The number of nitrogens with one attached hydrogen (secondary N) is 1. The smallest absolute Gasteiger partial charge is 0.297 e. The van der Waals surface area contributed by atoms with Crippen LogP contribution in [0.2, 0.25) is 0 Å². The van der Waals surface area contributed by atoms with Gasteiger partial charge < -0.3 is 10.2 Å². The number of thioether (sulfide) groups is 1. The van der Waals surface area contributed by atoms with Gasteiger partial charge in [0.05, 0.1) is 5.38 Å². The highest BCUT2D eigenvalue weighted by molar-refractivity contribution is 8.00. The number of nitrogens with zero attached hydrogens (tertiary/aromatic N) is 2. The van der Waals surface area contributed by atoms with Gasteiger partial charge in [0.1, 0.15) is 7.05 Å². The van der Waals surface area contributed by atoms with Crippen LogP contribution in [-0.4, -0.2) is 26.4 Å². The highest BCUT2D eigenvalue weighted by Crippen LogP contribution is 2.20. The molecule has 0 radical (unpaired) electrons. The Morgan fingerprint density at radius 3 is 2.65 bits per heavy atom. The van der Waals surface area contributed by atoms with Crippen molar-refractivity contribution in [2.45, 2.75) is 11.3 Å². The molecule has 0 aliphatic carbocycles. The molecule has 5 heteroatoms. The zero-order valence-electron chi connectivity index (χ0n) is 16.0. The number of aryl methyl sites for hydroxylation is 1. The summed E-state index contributed by atoms with van der Waals surface area (Å²) in [5, 5.41) is 5.15. The summed E-state index contributed by atoms with van der Waals surface area (Å²) in [6.45, 7) is 3.07. The summed E-state index contributed by atoms with van der Waals surface area (Å²) in [6.07, 6.45) is 12.5. The van der Waals surface area contributed by atoms with E-state index in [4.69, 9.17) is 0 Å². The predicted molar refractivity (Wildman–Crippen MR) is 117 cm³/mol. The van der Waals surface area contributed by atoms with Crippen LogP contribution in [0.4, 0.5) is 5.69 Å². The first kappa shape index (κ1) is 20.3. The molecule has 2 rings (SSSR count). The lowest BCUT2D eigenvalue weighted by atomic mass is 10.1. The van der Waals surface area contributed by atoms with E-state index >= 15 is 0 Å². The van der Waals surface area contributed by atoms with Crippen LogP contribution in [0.25, 0.3) is 6.08 Å². The first-order valence-corrected chi connectivity index (χ1v) is 10.6. The van der Waals surface area contributed by atoms with Crippen molar-refractivity contribution in [3.63, 3.8) is 0 Å². The van der Waals surface area contributed by atoms with E-state index in [0.29, 0.717) is 0 Å². The van der Waals surface area contributed by atoms with E-state index in [1.807, 2.05) is 31.9 Å². The Hall–Kier alpha value is -1.98. The summed E-state index contributed by atoms with van der Waals surface area (Å²) < 4.78 is 3.53. The summed E-state index contributed by atoms with van der Waals surface area (Å²) in [6, 6.07) is 8.72. The molecule has 1 N–H and O–H groups in total. The third kappa shape index (κ3) is 6.39. The Kier molecular flexibility index (Phi) is 8.51. The molecule has 0 atom stereocenters. The van der Waals surface area contributed by atoms with Crippen LogP contribution in [0.5, 0.6) is 0 Å². The van der Waals surface area contributed by atoms with Crippen LogP contribution < -0.4 is 14.8 Å². The fraction of sp³-hybridized carbons (Fsp3) is 0.286. The molecule has 0 spiro atoms. The molecular weight excluding hydrogens is 358 g/mol. The summed E-state index contributed by atoms with van der Waals surface area (Å²) in [5.41, 5.74) is 3.64. The number of hydrogen-bond donors (Lipinski definition) is 1. The second-order valence-corrected chi connectivity index (χ2v) is 8.12. The lowest BCUT2D eigenvalue weighted by Crippen LogP contribution is -2.27. The van der Waals surface area contributed by atoms with Crippen molar-refractivity contribution >= 4 is 34.9 Å². The molecule has 1 aromatic carbocycles. The van der Waals surface area contributed by atoms with E-state index in [1.165, 1.54) is 21.2 Å². The molecule has 1 heterocycles. The van der Waals surface area contributed by atoms with Crippen LogP contribution in [-0.2, 0) is 7.05 Å². The summed E-state index contributed by atoms with van der Waals surface area (Å²) >= 11 is 3.71. The zero-order valence-corrected chi connectivity index (χ0v) is 17.6. The van der Waals surface area contributed by atoms with Gasteiger partial charge in [0.25, 0.3) is 4.34 Å². The van der Waals surface area contributed by atoms with Gasteiger partial charge in [-0.1, -0.05) is 41.7 Å². The van der Waals surface area contributed by atoms with Crippen LogP contribution in [0.3, 0.4) is 0 Å². The summed E-state index contributed by atoms with van der Waals surface area (Å²) in [7, 11) is 6.16. The van der Waals surface area contributed by atoms with Gasteiger partial charge in [0, 0.05) is 32.1 Å². The Bertz CT molecular complexity index is 758. The number of hydrogen-bond acceptors (Lipinski definition) is 4. The van der Waals surface area contributed by atoms with Crippen molar-refractivity contribution in [2.75, 3.05) is 31.3 Å². The number of anilines is 1. The number of allylic oxidation sites excluding steroid dienone is 4. The maximum absolute atomic E-state index is 3.02. The predicted octanol–water partition coefficient (Wildman–Crippen LogP) is 4.49. The minimum Gasteiger partial charge on any atom is -0.394 e. The number of thiazole rings is 1. The molecule has 0 aliphatic rings. The molecule has 0 saturated heterocycles. The van der Waals surface area contributed by atoms with Gasteiger partial charge in [-0.15, -0.1) is 0 Å². The quantitative estimate of drug-likeness (QED) is 0.389. The molecule has 26 heavy (non-hydrogen) atoms. The normalized spacial score (nSPS) is 12.2. The van der Waals surface area contributed by atoms with Gasteiger partial charge >= 0.3 is 0 Å². The largest absolute Gasteiger partial charge is 0.394 e. The maximum Gasteiger partial charge on any atom is 0.297 e. The summed E-state index contributed by atoms with van der Waals surface area (Å²) in [4.78, 5) is 2.31. The first-order chi connectivity index (χ1) is 12.6. The van der Waals surface area contributed by atoms with E-state index in [1.54, 1.807) is 11.3 Å². The molecule has 3 nitrogen and oxygen atoms in total. The molecular formula is C21H28N3S2+. The maximum atomic E-state index is 3.02. The molecule has 0 bridgehead atoms. The van der Waals surface area contributed by atoms with E-state index < -0.39 is 0 Å². The van der Waals surface area contributed by atoms with Crippen molar-refractivity contribution in [2.24, 2.45) is 7.05 Å². The SMILES string of the molecule is C/C=C(\C=C/NC)/C=C/c1ccc(N(C)CCSc2scc[n+]2C)cc1. The van der Waals surface area contributed by atoms with E-state index in [9.17, 15) is 0 Å². The average Bonchev–Trinajstić information content (AvgIpc) is 3.07. The fourth-order valence-corrected chi connectivity index (χ4v) is 4.40. The monoisotopic (exact) mass is 386 g/mol. The highest BCUT2D eigenvalue weighted by atomic mass is 32.2. The third-order valence-electron chi connectivity index (χ3n) is 3.97.